The van der Waals surface area contributed by atoms with E-state index in [-0.39, 0.29) is 0 Å². The molecule has 1 aromatic carbocycles. The van der Waals surface area contributed by atoms with Gasteiger partial charge in [-0.3, -0.25) is 4.98 Å². The fourth-order valence-corrected chi connectivity index (χ4v) is 1.55. The predicted molar refractivity (Wildman–Crippen MR) is 55.6 cm³/mol. The van der Waals surface area contributed by atoms with Gasteiger partial charge >= 0.3 is 0 Å². The summed E-state index contributed by atoms with van der Waals surface area (Å²) >= 11 is 0. The molecule has 2 aromatic rings. The minimum absolute atomic E-state index is 0.510. The fraction of sp³-hybridized carbons (Fsp3) is 0.0909. The average molecular weight is 183 g/mol. The number of rotatable bonds is 0. The van der Waals surface area contributed by atoms with E-state index in [9.17, 15) is 0 Å². The van der Waals surface area contributed by atoms with Crippen LogP contribution < -0.4 is 5.73 Å². The van der Waals surface area contributed by atoms with Crippen molar-refractivity contribution in [3.8, 4) is 6.07 Å². The standard InChI is InChI=1S/C11H9N3/c1-7-4-5-14-10-3-2-9(13)8(6-12)11(7)10/h2-5H,13H2,1H3. The molecule has 0 saturated heterocycles. The monoisotopic (exact) mass is 183 g/mol. The number of nitriles is 1. The Kier molecular flexibility index (Phi) is 1.83. The number of nitrogens with zero attached hydrogens (tertiary/aromatic N) is 2. The number of nitrogens with two attached hydrogens (primary N) is 1. The van der Waals surface area contributed by atoms with Crippen LogP contribution >= 0.6 is 0 Å². The van der Waals surface area contributed by atoms with E-state index in [2.05, 4.69) is 11.1 Å². The minimum atomic E-state index is 0.510. The van der Waals surface area contributed by atoms with Crippen LogP contribution in [0.15, 0.2) is 24.4 Å². The number of aryl methyl sites for hydroxylation is 1. The smallest absolute Gasteiger partial charge is 0.102 e. The summed E-state index contributed by atoms with van der Waals surface area (Å²) in [7, 11) is 0. The van der Waals surface area contributed by atoms with Gasteiger partial charge in [0.25, 0.3) is 0 Å². The lowest BCUT2D eigenvalue weighted by Crippen LogP contribution is -1.94. The topological polar surface area (TPSA) is 62.7 Å². The van der Waals surface area contributed by atoms with E-state index in [1.165, 1.54) is 0 Å². The average Bonchev–Trinajstić information content (AvgIpc) is 2.19. The summed E-state index contributed by atoms with van der Waals surface area (Å²) in [6.07, 6.45) is 1.73. The number of pyridine rings is 1. The molecule has 0 aliphatic heterocycles. The molecule has 0 bridgehead atoms. The largest absolute Gasteiger partial charge is 0.398 e. The molecular formula is C11H9N3. The van der Waals surface area contributed by atoms with Gasteiger partial charge < -0.3 is 5.73 Å². The Morgan fingerprint density at radius 2 is 2.14 bits per heavy atom. The molecule has 0 unspecified atom stereocenters. The van der Waals surface area contributed by atoms with Crippen LogP contribution in [0.5, 0.6) is 0 Å². The molecular weight excluding hydrogens is 174 g/mol. The molecule has 0 spiro atoms. The van der Waals surface area contributed by atoms with E-state index < -0.39 is 0 Å². The first-order valence-corrected chi connectivity index (χ1v) is 4.28. The van der Waals surface area contributed by atoms with Crippen molar-refractivity contribution in [3.63, 3.8) is 0 Å². The lowest BCUT2D eigenvalue weighted by atomic mass is 10.0. The molecule has 0 atom stereocenters. The second-order valence-electron chi connectivity index (χ2n) is 3.16. The van der Waals surface area contributed by atoms with Crippen molar-refractivity contribution < 1.29 is 0 Å². The summed E-state index contributed by atoms with van der Waals surface area (Å²) in [5, 5.41) is 9.84. The summed E-state index contributed by atoms with van der Waals surface area (Å²) in [5.41, 5.74) is 8.59. The molecule has 14 heavy (non-hydrogen) atoms. The number of fused-ring (bicyclic) bond motifs is 1. The maximum Gasteiger partial charge on any atom is 0.102 e. The van der Waals surface area contributed by atoms with Crippen LogP contribution in [0.1, 0.15) is 11.1 Å². The molecule has 0 amide bonds. The van der Waals surface area contributed by atoms with Crippen LogP contribution in [0.4, 0.5) is 5.69 Å². The Balaban J connectivity index is 3.01. The van der Waals surface area contributed by atoms with Crippen molar-refractivity contribution in [2.75, 3.05) is 5.73 Å². The number of benzene rings is 1. The maximum absolute atomic E-state index is 8.98. The van der Waals surface area contributed by atoms with Crippen LogP contribution in [0.3, 0.4) is 0 Å². The molecule has 0 radical (unpaired) electrons. The van der Waals surface area contributed by atoms with Crippen molar-refractivity contribution in [1.29, 1.82) is 5.26 Å². The van der Waals surface area contributed by atoms with Crippen LogP contribution in [-0.2, 0) is 0 Å². The first-order valence-electron chi connectivity index (χ1n) is 4.28. The fourth-order valence-electron chi connectivity index (χ4n) is 1.55. The highest BCUT2D eigenvalue weighted by Crippen LogP contribution is 2.24. The van der Waals surface area contributed by atoms with Crippen molar-refractivity contribution in [2.45, 2.75) is 6.92 Å². The zero-order valence-electron chi connectivity index (χ0n) is 7.78. The zero-order valence-corrected chi connectivity index (χ0v) is 7.78. The summed E-state index contributed by atoms with van der Waals surface area (Å²) in [6.45, 7) is 1.95. The number of hydrogen-bond acceptors (Lipinski definition) is 3. The third kappa shape index (κ3) is 1.09. The third-order valence-corrected chi connectivity index (χ3v) is 2.26. The Hall–Kier alpha value is -2.08. The van der Waals surface area contributed by atoms with Crippen LogP contribution in [0.25, 0.3) is 10.9 Å². The Morgan fingerprint density at radius 3 is 2.86 bits per heavy atom. The van der Waals surface area contributed by atoms with Crippen molar-refractivity contribution in [1.82, 2.24) is 4.98 Å². The molecule has 0 fully saturated rings. The highest BCUT2D eigenvalue weighted by molar-refractivity contribution is 5.91. The molecule has 0 saturated carbocycles. The molecule has 2 rings (SSSR count). The molecule has 68 valence electrons. The second-order valence-corrected chi connectivity index (χ2v) is 3.16. The lowest BCUT2D eigenvalue weighted by molar-refractivity contribution is 1.36. The Labute approximate surface area is 81.8 Å². The van der Waals surface area contributed by atoms with E-state index >= 15 is 0 Å². The molecule has 0 aliphatic carbocycles. The zero-order chi connectivity index (χ0) is 10.1. The molecule has 0 aliphatic rings. The quantitative estimate of drug-likeness (QED) is 0.635. The first-order chi connectivity index (χ1) is 6.74. The number of hydrogen-bond donors (Lipinski definition) is 1. The number of anilines is 1. The normalized spacial score (nSPS) is 10.0. The van der Waals surface area contributed by atoms with Gasteiger partial charge in [-0.1, -0.05) is 0 Å². The summed E-state index contributed by atoms with van der Waals surface area (Å²) in [4.78, 5) is 4.19. The molecule has 2 N–H and O–H groups in total. The highest BCUT2D eigenvalue weighted by atomic mass is 14.7. The lowest BCUT2D eigenvalue weighted by Gasteiger charge is -2.04. The van der Waals surface area contributed by atoms with Crippen LogP contribution in [0.2, 0.25) is 0 Å². The molecule has 1 heterocycles. The SMILES string of the molecule is Cc1ccnc2ccc(N)c(C#N)c12. The van der Waals surface area contributed by atoms with Gasteiger partial charge in [0.1, 0.15) is 6.07 Å². The second kappa shape index (κ2) is 3.00. The highest BCUT2D eigenvalue weighted by Gasteiger charge is 2.07. The van der Waals surface area contributed by atoms with E-state index in [0.29, 0.717) is 11.3 Å². The molecule has 1 aromatic heterocycles. The van der Waals surface area contributed by atoms with Crippen molar-refractivity contribution in [3.05, 3.63) is 35.5 Å². The van der Waals surface area contributed by atoms with Crippen LogP contribution in [0, 0.1) is 18.3 Å². The van der Waals surface area contributed by atoms with Gasteiger partial charge in [0, 0.05) is 11.6 Å². The van der Waals surface area contributed by atoms with Gasteiger partial charge in [-0.25, -0.2) is 0 Å². The van der Waals surface area contributed by atoms with Gasteiger partial charge in [-0.2, -0.15) is 5.26 Å². The van der Waals surface area contributed by atoms with E-state index in [1.807, 2.05) is 19.1 Å². The summed E-state index contributed by atoms with van der Waals surface area (Å²) in [5.74, 6) is 0. The maximum atomic E-state index is 8.98. The Bertz CT molecular complexity index is 538. The van der Waals surface area contributed by atoms with E-state index in [4.69, 9.17) is 11.0 Å². The number of aromatic nitrogens is 1. The first kappa shape index (κ1) is 8.52. The van der Waals surface area contributed by atoms with Gasteiger partial charge in [-0.05, 0) is 30.7 Å². The van der Waals surface area contributed by atoms with Crippen LogP contribution in [-0.4, -0.2) is 4.98 Å². The van der Waals surface area contributed by atoms with Crippen molar-refractivity contribution in [2.24, 2.45) is 0 Å². The summed E-state index contributed by atoms with van der Waals surface area (Å²) < 4.78 is 0. The molecule has 3 heteroatoms. The molecule has 3 nitrogen and oxygen atoms in total. The summed E-state index contributed by atoms with van der Waals surface area (Å²) in [6, 6.07) is 7.54. The minimum Gasteiger partial charge on any atom is -0.398 e. The van der Waals surface area contributed by atoms with Gasteiger partial charge in [0.2, 0.25) is 0 Å². The van der Waals surface area contributed by atoms with E-state index in [0.717, 1.165) is 16.5 Å². The Morgan fingerprint density at radius 1 is 1.36 bits per heavy atom. The van der Waals surface area contributed by atoms with Gasteiger partial charge in [-0.15, -0.1) is 0 Å². The third-order valence-electron chi connectivity index (χ3n) is 2.26. The number of nitrogen functional groups attached to an aromatic ring is 1. The van der Waals surface area contributed by atoms with E-state index in [1.54, 1.807) is 12.3 Å². The predicted octanol–water partition coefficient (Wildman–Crippen LogP) is 2.00. The van der Waals surface area contributed by atoms with Crippen molar-refractivity contribution >= 4 is 16.6 Å². The van der Waals surface area contributed by atoms with Gasteiger partial charge in [0.05, 0.1) is 16.8 Å². The van der Waals surface area contributed by atoms with Gasteiger partial charge in [0.15, 0.2) is 0 Å².